The molecular formula is C13H7BrClF2NO3. The first-order valence-electron chi connectivity index (χ1n) is 5.58. The third-order valence-corrected chi connectivity index (χ3v) is 3.50. The molecule has 0 saturated carbocycles. The summed E-state index contributed by atoms with van der Waals surface area (Å²) in [5.41, 5.74) is -0.193. The predicted octanol–water partition coefficient (Wildman–Crippen LogP) is 5.17. The lowest BCUT2D eigenvalue weighted by atomic mass is 10.2. The summed E-state index contributed by atoms with van der Waals surface area (Å²) in [4.78, 5) is 10.2. The zero-order valence-electron chi connectivity index (χ0n) is 10.3. The van der Waals surface area contributed by atoms with E-state index in [1.165, 1.54) is 12.1 Å². The van der Waals surface area contributed by atoms with Crippen LogP contribution in [0, 0.1) is 21.7 Å². The molecular weight excluding hydrogens is 372 g/mol. The van der Waals surface area contributed by atoms with Crippen LogP contribution in [0.1, 0.15) is 5.56 Å². The minimum atomic E-state index is -0.764. The number of benzene rings is 2. The number of nitro groups is 1. The summed E-state index contributed by atoms with van der Waals surface area (Å²) in [5, 5.41) is 11.0. The van der Waals surface area contributed by atoms with Crippen molar-refractivity contribution in [2.75, 3.05) is 0 Å². The van der Waals surface area contributed by atoms with Gasteiger partial charge in [-0.2, -0.15) is 0 Å². The molecule has 8 heteroatoms. The van der Waals surface area contributed by atoms with Gasteiger partial charge in [-0.05, 0) is 22.0 Å². The monoisotopic (exact) mass is 377 g/mol. The molecule has 0 heterocycles. The van der Waals surface area contributed by atoms with Crippen LogP contribution in [0.2, 0.25) is 0 Å². The van der Waals surface area contributed by atoms with Crippen molar-refractivity contribution in [1.29, 1.82) is 0 Å². The number of halogens is 4. The minimum absolute atomic E-state index is 0.0557. The molecule has 0 bridgehead atoms. The molecule has 21 heavy (non-hydrogen) atoms. The van der Waals surface area contributed by atoms with Gasteiger partial charge in [0.25, 0.3) is 0 Å². The molecule has 0 amide bonds. The molecule has 0 saturated heterocycles. The van der Waals surface area contributed by atoms with E-state index in [2.05, 4.69) is 15.9 Å². The highest BCUT2D eigenvalue weighted by atomic mass is 79.9. The van der Waals surface area contributed by atoms with E-state index in [1.54, 1.807) is 0 Å². The average Bonchev–Trinajstić information content (AvgIpc) is 2.44. The van der Waals surface area contributed by atoms with E-state index in [-0.39, 0.29) is 16.1 Å². The number of nitro benzene ring substituents is 1. The molecule has 0 spiro atoms. The number of hydrogen-bond donors (Lipinski definition) is 0. The Bertz CT molecular complexity index is 712. The standard InChI is InChI=1S/C13H7BrClF2NO3/c14-8-4-11(18(19)20)12(5-10(8)17)21-13-7(6-15)2-1-3-9(13)16/h1-5H,6H2. The molecule has 2 rings (SSSR count). The summed E-state index contributed by atoms with van der Waals surface area (Å²) in [6.07, 6.45) is 0. The van der Waals surface area contributed by atoms with Gasteiger partial charge in [-0.1, -0.05) is 12.1 Å². The molecule has 0 aromatic heterocycles. The van der Waals surface area contributed by atoms with Crippen molar-refractivity contribution in [1.82, 2.24) is 0 Å². The zero-order valence-corrected chi connectivity index (χ0v) is 12.6. The van der Waals surface area contributed by atoms with Crippen molar-refractivity contribution >= 4 is 33.2 Å². The van der Waals surface area contributed by atoms with Crippen LogP contribution in [0.4, 0.5) is 14.5 Å². The molecule has 0 atom stereocenters. The molecule has 2 aromatic carbocycles. The molecule has 0 aliphatic carbocycles. The maximum atomic E-state index is 13.8. The second-order valence-electron chi connectivity index (χ2n) is 3.95. The van der Waals surface area contributed by atoms with E-state index in [0.717, 1.165) is 18.2 Å². The molecule has 2 aromatic rings. The molecule has 0 aliphatic heterocycles. The summed E-state index contributed by atoms with van der Waals surface area (Å²) >= 11 is 8.51. The van der Waals surface area contributed by atoms with Crippen molar-refractivity contribution in [3.05, 3.63) is 62.1 Å². The molecule has 0 unspecified atom stereocenters. The lowest BCUT2D eigenvalue weighted by molar-refractivity contribution is -0.385. The number of rotatable bonds is 4. The summed E-state index contributed by atoms with van der Waals surface area (Å²) in [7, 11) is 0. The minimum Gasteiger partial charge on any atom is -0.447 e. The fraction of sp³-hybridized carbons (Fsp3) is 0.0769. The van der Waals surface area contributed by atoms with E-state index in [0.29, 0.717) is 5.56 Å². The average molecular weight is 379 g/mol. The molecule has 0 radical (unpaired) electrons. The SMILES string of the molecule is O=[N+]([O-])c1cc(Br)c(F)cc1Oc1c(F)cccc1CCl. The normalized spacial score (nSPS) is 10.5. The van der Waals surface area contributed by atoms with Gasteiger partial charge >= 0.3 is 5.69 Å². The van der Waals surface area contributed by atoms with Crippen molar-refractivity contribution in [3.8, 4) is 11.5 Å². The number of alkyl halides is 1. The van der Waals surface area contributed by atoms with Crippen LogP contribution in [0.25, 0.3) is 0 Å². The van der Waals surface area contributed by atoms with E-state index in [9.17, 15) is 18.9 Å². The van der Waals surface area contributed by atoms with Gasteiger partial charge < -0.3 is 4.74 Å². The second kappa shape index (κ2) is 6.36. The van der Waals surface area contributed by atoms with Gasteiger partial charge in [0.1, 0.15) is 5.82 Å². The Morgan fingerprint density at radius 1 is 1.29 bits per heavy atom. The highest BCUT2D eigenvalue weighted by molar-refractivity contribution is 9.10. The van der Waals surface area contributed by atoms with Crippen molar-refractivity contribution < 1.29 is 18.4 Å². The molecule has 4 nitrogen and oxygen atoms in total. The first-order chi connectivity index (χ1) is 9.93. The second-order valence-corrected chi connectivity index (χ2v) is 5.08. The van der Waals surface area contributed by atoms with E-state index >= 15 is 0 Å². The highest BCUT2D eigenvalue weighted by Crippen LogP contribution is 2.37. The fourth-order valence-electron chi connectivity index (χ4n) is 1.63. The molecule has 0 fully saturated rings. The maximum Gasteiger partial charge on any atom is 0.312 e. The molecule has 0 aliphatic rings. The quantitative estimate of drug-likeness (QED) is 0.419. The lowest BCUT2D eigenvalue weighted by Crippen LogP contribution is -1.98. The molecule has 0 N–H and O–H groups in total. The highest BCUT2D eigenvalue weighted by Gasteiger charge is 2.21. The van der Waals surface area contributed by atoms with E-state index < -0.39 is 28.0 Å². The largest absolute Gasteiger partial charge is 0.447 e. The van der Waals surface area contributed by atoms with Crippen LogP contribution in [-0.2, 0) is 5.88 Å². The lowest BCUT2D eigenvalue weighted by Gasteiger charge is -2.11. The topological polar surface area (TPSA) is 52.4 Å². The van der Waals surface area contributed by atoms with Crippen LogP contribution in [-0.4, -0.2) is 4.92 Å². The van der Waals surface area contributed by atoms with E-state index in [1.807, 2.05) is 0 Å². The van der Waals surface area contributed by atoms with Gasteiger partial charge in [-0.25, -0.2) is 8.78 Å². The smallest absolute Gasteiger partial charge is 0.312 e. The first kappa shape index (κ1) is 15.7. The number of ether oxygens (including phenoxy) is 1. The fourth-order valence-corrected chi connectivity index (χ4v) is 2.17. The Labute approximate surface area is 131 Å². The third kappa shape index (κ3) is 3.30. The predicted molar refractivity (Wildman–Crippen MR) is 76.8 cm³/mol. The summed E-state index contributed by atoms with van der Waals surface area (Å²) in [5.74, 6) is -2.24. The Morgan fingerprint density at radius 2 is 2.00 bits per heavy atom. The maximum absolute atomic E-state index is 13.8. The van der Waals surface area contributed by atoms with Gasteiger partial charge in [0.2, 0.25) is 5.75 Å². The van der Waals surface area contributed by atoms with Gasteiger partial charge in [0.15, 0.2) is 11.6 Å². The van der Waals surface area contributed by atoms with Crippen molar-refractivity contribution in [2.45, 2.75) is 5.88 Å². The van der Waals surface area contributed by atoms with Crippen LogP contribution in [0.5, 0.6) is 11.5 Å². The molecule has 110 valence electrons. The Balaban J connectivity index is 2.54. The first-order valence-corrected chi connectivity index (χ1v) is 6.91. The third-order valence-electron chi connectivity index (χ3n) is 2.60. The van der Waals surface area contributed by atoms with Crippen LogP contribution in [0.15, 0.2) is 34.8 Å². The summed E-state index contributed by atoms with van der Waals surface area (Å²) in [6.45, 7) is 0. The van der Waals surface area contributed by atoms with Gasteiger partial charge in [0, 0.05) is 17.7 Å². The van der Waals surface area contributed by atoms with Gasteiger partial charge in [0.05, 0.1) is 15.3 Å². The van der Waals surface area contributed by atoms with E-state index in [4.69, 9.17) is 16.3 Å². The van der Waals surface area contributed by atoms with Crippen LogP contribution < -0.4 is 4.74 Å². The Hall–Kier alpha value is -1.73. The Kier molecular flexibility index (Phi) is 4.74. The number of hydrogen-bond acceptors (Lipinski definition) is 3. The summed E-state index contributed by atoms with van der Waals surface area (Å²) < 4.78 is 32.4. The van der Waals surface area contributed by atoms with Crippen LogP contribution in [0.3, 0.4) is 0 Å². The number of para-hydroxylation sites is 1. The Morgan fingerprint density at radius 3 is 2.62 bits per heavy atom. The summed E-state index contributed by atoms with van der Waals surface area (Å²) in [6, 6.07) is 5.81. The van der Waals surface area contributed by atoms with Gasteiger partial charge in [-0.3, -0.25) is 10.1 Å². The number of nitrogens with zero attached hydrogens (tertiary/aromatic N) is 1. The van der Waals surface area contributed by atoms with Crippen LogP contribution >= 0.6 is 27.5 Å². The zero-order chi connectivity index (χ0) is 15.6. The van der Waals surface area contributed by atoms with Gasteiger partial charge in [-0.15, -0.1) is 11.6 Å². The van der Waals surface area contributed by atoms with Crippen molar-refractivity contribution in [3.63, 3.8) is 0 Å². The van der Waals surface area contributed by atoms with Crippen molar-refractivity contribution in [2.24, 2.45) is 0 Å².